The van der Waals surface area contributed by atoms with Crippen LogP contribution in [0.2, 0.25) is 5.02 Å². The molecule has 5 heteroatoms. The van der Waals surface area contributed by atoms with Gasteiger partial charge in [-0.05, 0) is 59.8 Å². The van der Waals surface area contributed by atoms with E-state index in [0.29, 0.717) is 10.7 Å². The molecule has 0 atom stereocenters. The van der Waals surface area contributed by atoms with Crippen LogP contribution in [-0.2, 0) is 0 Å². The van der Waals surface area contributed by atoms with Crippen molar-refractivity contribution in [1.82, 2.24) is 0 Å². The van der Waals surface area contributed by atoms with Crippen LogP contribution >= 0.6 is 34.2 Å². The van der Waals surface area contributed by atoms with E-state index in [4.69, 9.17) is 11.6 Å². The Morgan fingerprint density at radius 1 is 1.11 bits per heavy atom. The Morgan fingerprint density at radius 2 is 1.79 bits per heavy atom. The minimum absolute atomic E-state index is 0.313. The van der Waals surface area contributed by atoms with Gasteiger partial charge in [-0.1, -0.05) is 29.3 Å². The van der Waals surface area contributed by atoms with E-state index in [-0.39, 0.29) is 6.03 Å². The third kappa shape index (κ3) is 4.11. The van der Waals surface area contributed by atoms with Gasteiger partial charge in [0.2, 0.25) is 0 Å². The van der Waals surface area contributed by atoms with Gasteiger partial charge < -0.3 is 10.6 Å². The number of nitrogens with one attached hydrogen (secondary N) is 2. The van der Waals surface area contributed by atoms with Gasteiger partial charge in [-0.2, -0.15) is 0 Å². The highest BCUT2D eigenvalue weighted by Gasteiger charge is 2.06. The lowest BCUT2D eigenvalue weighted by molar-refractivity contribution is 0.262. The van der Waals surface area contributed by atoms with Crippen LogP contribution in [0.1, 0.15) is 5.56 Å². The van der Waals surface area contributed by atoms with Crippen LogP contribution in [0.15, 0.2) is 42.5 Å². The van der Waals surface area contributed by atoms with E-state index in [0.717, 1.165) is 14.8 Å². The van der Waals surface area contributed by atoms with E-state index in [1.54, 1.807) is 12.1 Å². The van der Waals surface area contributed by atoms with Gasteiger partial charge in [0.15, 0.2) is 0 Å². The number of carbonyl (C=O) groups excluding carboxylic acids is 1. The molecule has 0 spiro atoms. The molecule has 2 aromatic carbocycles. The Balaban J connectivity index is 2.03. The number of halogens is 2. The topological polar surface area (TPSA) is 41.1 Å². The Hall–Kier alpha value is -1.27. The SMILES string of the molecule is Cc1ccc(NC(=O)Nc2ccc(I)cc2Cl)cc1. The van der Waals surface area contributed by atoms with Crippen molar-refractivity contribution >= 4 is 51.6 Å². The number of carbonyl (C=O) groups is 1. The third-order valence-electron chi connectivity index (χ3n) is 2.49. The fraction of sp³-hybridized carbons (Fsp3) is 0.0714. The van der Waals surface area contributed by atoms with Crippen molar-refractivity contribution in [3.05, 3.63) is 56.6 Å². The summed E-state index contributed by atoms with van der Waals surface area (Å²) >= 11 is 8.21. The smallest absolute Gasteiger partial charge is 0.308 e. The van der Waals surface area contributed by atoms with E-state index in [2.05, 4.69) is 33.2 Å². The number of hydrogen-bond donors (Lipinski definition) is 2. The van der Waals surface area contributed by atoms with Crippen LogP contribution in [0.25, 0.3) is 0 Å². The molecule has 0 bridgehead atoms. The average Bonchev–Trinajstić information content (AvgIpc) is 2.36. The maximum Gasteiger partial charge on any atom is 0.323 e. The number of aryl methyl sites for hydroxylation is 1. The Labute approximate surface area is 130 Å². The Kier molecular flexibility index (Phi) is 4.66. The molecule has 2 N–H and O–H groups in total. The molecule has 0 radical (unpaired) electrons. The molecule has 98 valence electrons. The van der Waals surface area contributed by atoms with Crippen LogP contribution in [-0.4, -0.2) is 6.03 Å². The molecule has 3 nitrogen and oxygen atoms in total. The lowest BCUT2D eigenvalue weighted by atomic mass is 10.2. The van der Waals surface area contributed by atoms with Crippen molar-refractivity contribution in [2.45, 2.75) is 6.92 Å². The summed E-state index contributed by atoms with van der Waals surface area (Å²) in [6, 6.07) is 12.7. The molecule has 0 saturated heterocycles. The minimum atomic E-state index is -0.313. The molecule has 19 heavy (non-hydrogen) atoms. The van der Waals surface area contributed by atoms with E-state index < -0.39 is 0 Å². The zero-order valence-electron chi connectivity index (χ0n) is 10.2. The average molecular weight is 387 g/mol. The van der Waals surface area contributed by atoms with Crippen LogP contribution in [0, 0.1) is 10.5 Å². The van der Waals surface area contributed by atoms with Crippen molar-refractivity contribution in [3.63, 3.8) is 0 Å². The van der Waals surface area contributed by atoms with Gasteiger partial charge in [0.1, 0.15) is 0 Å². The third-order valence-corrected chi connectivity index (χ3v) is 3.47. The van der Waals surface area contributed by atoms with Gasteiger partial charge in [-0.3, -0.25) is 0 Å². The molecule has 2 aromatic rings. The summed E-state index contributed by atoms with van der Waals surface area (Å²) in [5, 5.41) is 5.98. The second-order valence-corrected chi connectivity index (χ2v) is 5.72. The Bertz CT molecular complexity index is 599. The molecule has 0 fully saturated rings. The quantitative estimate of drug-likeness (QED) is 0.708. The summed E-state index contributed by atoms with van der Waals surface area (Å²) in [5.74, 6) is 0. The normalized spacial score (nSPS) is 10.1. The number of benzene rings is 2. The van der Waals surface area contributed by atoms with E-state index in [1.807, 2.05) is 37.3 Å². The van der Waals surface area contributed by atoms with Gasteiger partial charge in [0.05, 0.1) is 10.7 Å². The Morgan fingerprint density at radius 3 is 2.42 bits per heavy atom. The second kappa shape index (κ2) is 6.25. The summed E-state index contributed by atoms with van der Waals surface area (Å²) < 4.78 is 1.02. The molecule has 0 aliphatic rings. The van der Waals surface area contributed by atoms with Gasteiger partial charge in [0, 0.05) is 9.26 Å². The van der Waals surface area contributed by atoms with Crippen molar-refractivity contribution in [1.29, 1.82) is 0 Å². The number of amides is 2. The molecule has 0 heterocycles. The molecule has 0 aliphatic heterocycles. The number of rotatable bonds is 2. The van der Waals surface area contributed by atoms with Gasteiger partial charge >= 0.3 is 6.03 Å². The molecular weight excluding hydrogens is 375 g/mol. The van der Waals surface area contributed by atoms with E-state index >= 15 is 0 Å². The zero-order chi connectivity index (χ0) is 13.8. The molecular formula is C14H12ClIN2O. The monoisotopic (exact) mass is 386 g/mol. The highest BCUT2D eigenvalue weighted by atomic mass is 127. The van der Waals surface area contributed by atoms with Crippen molar-refractivity contribution in [2.24, 2.45) is 0 Å². The van der Waals surface area contributed by atoms with Gasteiger partial charge in [-0.25, -0.2) is 4.79 Å². The van der Waals surface area contributed by atoms with Crippen LogP contribution in [0.3, 0.4) is 0 Å². The van der Waals surface area contributed by atoms with Gasteiger partial charge in [-0.15, -0.1) is 0 Å². The number of anilines is 2. The van der Waals surface area contributed by atoms with Crippen LogP contribution in [0.5, 0.6) is 0 Å². The first kappa shape index (κ1) is 14.1. The predicted octanol–water partition coefficient (Wildman–Crippen LogP) is 4.90. The number of hydrogen-bond acceptors (Lipinski definition) is 1. The van der Waals surface area contributed by atoms with Crippen molar-refractivity contribution < 1.29 is 4.79 Å². The van der Waals surface area contributed by atoms with Gasteiger partial charge in [0.25, 0.3) is 0 Å². The summed E-state index contributed by atoms with van der Waals surface area (Å²) in [4.78, 5) is 11.8. The number of urea groups is 1. The second-order valence-electron chi connectivity index (χ2n) is 4.07. The highest BCUT2D eigenvalue weighted by molar-refractivity contribution is 14.1. The van der Waals surface area contributed by atoms with E-state index in [9.17, 15) is 4.79 Å². The fourth-order valence-electron chi connectivity index (χ4n) is 1.51. The minimum Gasteiger partial charge on any atom is -0.308 e. The molecule has 0 aromatic heterocycles. The summed E-state index contributed by atoms with van der Waals surface area (Å²) in [7, 11) is 0. The standard InChI is InChI=1S/C14H12ClIN2O/c1-9-2-5-11(6-3-9)17-14(19)18-13-7-4-10(16)8-12(13)15/h2-8H,1H3,(H2,17,18,19). The fourth-order valence-corrected chi connectivity index (χ4v) is 2.42. The van der Waals surface area contributed by atoms with Crippen LogP contribution < -0.4 is 10.6 Å². The predicted molar refractivity (Wildman–Crippen MR) is 88.0 cm³/mol. The lowest BCUT2D eigenvalue weighted by Gasteiger charge is -2.09. The summed E-state index contributed by atoms with van der Waals surface area (Å²) in [6.07, 6.45) is 0. The first-order valence-electron chi connectivity index (χ1n) is 5.64. The first-order chi connectivity index (χ1) is 9.04. The largest absolute Gasteiger partial charge is 0.323 e. The molecule has 0 unspecified atom stereocenters. The lowest BCUT2D eigenvalue weighted by Crippen LogP contribution is -2.19. The van der Waals surface area contributed by atoms with Crippen LogP contribution in [0.4, 0.5) is 16.2 Å². The van der Waals surface area contributed by atoms with E-state index in [1.165, 1.54) is 0 Å². The molecule has 0 aliphatic carbocycles. The maximum atomic E-state index is 11.8. The van der Waals surface area contributed by atoms with Crippen molar-refractivity contribution in [3.8, 4) is 0 Å². The molecule has 0 saturated carbocycles. The summed E-state index contributed by atoms with van der Waals surface area (Å²) in [5.41, 5.74) is 2.48. The maximum absolute atomic E-state index is 11.8. The first-order valence-corrected chi connectivity index (χ1v) is 7.10. The zero-order valence-corrected chi connectivity index (χ0v) is 13.1. The highest BCUT2D eigenvalue weighted by Crippen LogP contribution is 2.24. The van der Waals surface area contributed by atoms with Crippen molar-refractivity contribution in [2.75, 3.05) is 10.6 Å². The summed E-state index contributed by atoms with van der Waals surface area (Å²) in [6.45, 7) is 2.00. The molecule has 2 rings (SSSR count). The molecule has 2 amide bonds.